The molecule has 0 saturated carbocycles. The van der Waals surface area contributed by atoms with Crippen molar-refractivity contribution in [2.75, 3.05) is 0 Å². The van der Waals surface area contributed by atoms with Crippen LogP contribution in [0.5, 0.6) is 0 Å². The van der Waals surface area contributed by atoms with Crippen LogP contribution in [-0.2, 0) is 12.6 Å². The summed E-state index contributed by atoms with van der Waals surface area (Å²) in [5, 5.41) is 20.9. The van der Waals surface area contributed by atoms with Crippen molar-refractivity contribution in [3.8, 4) is 11.1 Å². The number of hydrogen-bond acceptors (Lipinski definition) is 3. The van der Waals surface area contributed by atoms with E-state index in [1.807, 2.05) is 6.92 Å². The molecule has 176 valence electrons. The maximum Gasteiger partial charge on any atom is 0.416 e. The number of carboxylic acid groups (broad SMARTS) is 1. The molecule has 1 atom stereocenters. The number of halogens is 3. The summed E-state index contributed by atoms with van der Waals surface area (Å²) in [6, 6.07) is 15.1. The molecule has 2 aromatic carbocycles. The predicted molar refractivity (Wildman–Crippen MR) is 122 cm³/mol. The number of aromatic carboxylic acids is 1. The lowest BCUT2D eigenvalue weighted by atomic mass is 9.94. The number of unbranched alkanes of at least 4 members (excludes halogenated alkanes) is 1. The zero-order valence-corrected chi connectivity index (χ0v) is 18.4. The monoisotopic (exact) mass is 468 g/mol. The molecular weight excluding hydrogens is 445 g/mol. The molecule has 4 aromatic rings. The first-order valence-corrected chi connectivity index (χ1v) is 10.9. The van der Waals surface area contributed by atoms with Gasteiger partial charge in [0.25, 0.3) is 0 Å². The van der Waals surface area contributed by atoms with Crippen LogP contribution >= 0.6 is 0 Å². The molecule has 2 N–H and O–H groups in total. The topological polar surface area (TPSA) is 74.8 Å². The van der Waals surface area contributed by atoms with Gasteiger partial charge in [-0.2, -0.15) is 13.2 Å². The van der Waals surface area contributed by atoms with Crippen LogP contribution in [0.3, 0.4) is 0 Å². The summed E-state index contributed by atoms with van der Waals surface area (Å²) >= 11 is 0. The zero-order chi connectivity index (χ0) is 24.5. The quantitative estimate of drug-likeness (QED) is 0.342. The Balaban J connectivity index is 1.84. The highest BCUT2D eigenvalue weighted by molar-refractivity contribution is 5.96. The van der Waals surface area contributed by atoms with Crippen LogP contribution < -0.4 is 0 Å². The standard InChI is InChI=1S/C26H23F3N2O3/c1-2-3-9-19-15-31-22(13-18(26(27,28)29)14-23(31)30-19)24(32)17-10-11-20(21(12-17)25(33)34)16-7-5-4-6-8-16/h4-8,10-15,24,32H,2-3,9H2,1H3,(H,33,34). The van der Waals surface area contributed by atoms with E-state index in [0.29, 0.717) is 23.2 Å². The number of imidazole rings is 1. The van der Waals surface area contributed by atoms with Gasteiger partial charge in [0.1, 0.15) is 11.8 Å². The number of rotatable bonds is 7. The molecular formula is C26H23F3N2O3. The third kappa shape index (κ3) is 4.68. The van der Waals surface area contributed by atoms with Gasteiger partial charge in [-0.05, 0) is 47.7 Å². The number of aromatic nitrogens is 2. The number of fused-ring (bicyclic) bond motifs is 1. The van der Waals surface area contributed by atoms with E-state index in [1.165, 1.54) is 16.5 Å². The average molecular weight is 468 g/mol. The molecule has 34 heavy (non-hydrogen) atoms. The van der Waals surface area contributed by atoms with E-state index in [-0.39, 0.29) is 22.5 Å². The Bertz CT molecular complexity index is 1330. The van der Waals surface area contributed by atoms with E-state index >= 15 is 0 Å². The number of hydrogen-bond donors (Lipinski definition) is 2. The number of alkyl halides is 3. The second-order valence-electron chi connectivity index (χ2n) is 8.11. The van der Waals surface area contributed by atoms with Crippen molar-refractivity contribution >= 4 is 11.6 Å². The molecule has 5 nitrogen and oxygen atoms in total. The molecule has 0 aliphatic carbocycles. The highest BCUT2D eigenvalue weighted by Gasteiger charge is 2.33. The molecule has 2 heterocycles. The molecule has 8 heteroatoms. The third-order valence-electron chi connectivity index (χ3n) is 5.72. The van der Waals surface area contributed by atoms with Crippen LogP contribution in [0.2, 0.25) is 0 Å². The normalized spacial score (nSPS) is 12.7. The molecule has 2 aromatic heterocycles. The molecule has 0 spiro atoms. The Morgan fingerprint density at radius 3 is 2.47 bits per heavy atom. The number of aliphatic hydroxyl groups is 1. The highest BCUT2D eigenvalue weighted by atomic mass is 19.4. The molecule has 0 saturated heterocycles. The van der Waals surface area contributed by atoms with Crippen LogP contribution in [0.1, 0.15) is 58.7 Å². The van der Waals surface area contributed by atoms with Crippen molar-refractivity contribution in [2.45, 2.75) is 38.5 Å². The molecule has 1 unspecified atom stereocenters. The number of benzene rings is 2. The van der Waals surface area contributed by atoms with Crippen LogP contribution in [0, 0.1) is 0 Å². The maximum atomic E-state index is 13.6. The van der Waals surface area contributed by atoms with Crippen molar-refractivity contribution < 1.29 is 28.2 Å². The summed E-state index contributed by atoms with van der Waals surface area (Å²) in [4.78, 5) is 16.3. The highest BCUT2D eigenvalue weighted by Crippen LogP contribution is 2.35. The molecule has 0 radical (unpaired) electrons. The minimum absolute atomic E-state index is 0.0381. The summed E-state index contributed by atoms with van der Waals surface area (Å²) in [6.45, 7) is 2.01. The van der Waals surface area contributed by atoms with Crippen molar-refractivity contribution in [3.05, 3.63) is 94.9 Å². The SMILES string of the molecule is CCCCc1cn2c(C(O)c3ccc(-c4ccccc4)c(C(=O)O)c3)cc(C(F)(F)F)cc2n1. The van der Waals surface area contributed by atoms with Crippen molar-refractivity contribution in [1.29, 1.82) is 0 Å². The van der Waals surface area contributed by atoms with Gasteiger partial charge < -0.3 is 14.6 Å². The second-order valence-corrected chi connectivity index (χ2v) is 8.11. The first kappa shape index (κ1) is 23.5. The Morgan fingerprint density at radius 1 is 1.09 bits per heavy atom. The van der Waals surface area contributed by atoms with Crippen LogP contribution in [0.4, 0.5) is 13.2 Å². The van der Waals surface area contributed by atoms with Gasteiger partial charge in [-0.15, -0.1) is 0 Å². The van der Waals surface area contributed by atoms with Gasteiger partial charge >= 0.3 is 12.1 Å². The Morgan fingerprint density at radius 2 is 1.82 bits per heavy atom. The van der Waals surface area contributed by atoms with Gasteiger partial charge in [0, 0.05) is 6.20 Å². The van der Waals surface area contributed by atoms with Crippen LogP contribution in [0.15, 0.2) is 66.9 Å². The fourth-order valence-electron chi connectivity index (χ4n) is 3.97. The Labute approximate surface area is 194 Å². The van der Waals surface area contributed by atoms with Gasteiger partial charge in [-0.3, -0.25) is 0 Å². The predicted octanol–water partition coefficient (Wildman–Crippen LogP) is 6.14. The van der Waals surface area contributed by atoms with Crippen molar-refractivity contribution in [1.82, 2.24) is 9.38 Å². The molecule has 4 rings (SSSR count). The minimum atomic E-state index is -4.63. The first-order chi connectivity index (χ1) is 16.2. The van der Waals surface area contributed by atoms with Gasteiger partial charge in [0.05, 0.1) is 22.5 Å². The van der Waals surface area contributed by atoms with Gasteiger partial charge in [0.15, 0.2) is 0 Å². The lowest BCUT2D eigenvalue weighted by molar-refractivity contribution is -0.137. The van der Waals surface area contributed by atoms with Gasteiger partial charge in [-0.25, -0.2) is 9.78 Å². The largest absolute Gasteiger partial charge is 0.478 e. The van der Waals surface area contributed by atoms with Gasteiger partial charge in [0.2, 0.25) is 0 Å². The molecule has 0 aliphatic rings. The van der Waals surface area contributed by atoms with E-state index in [2.05, 4.69) is 4.98 Å². The third-order valence-corrected chi connectivity index (χ3v) is 5.72. The number of aliphatic hydroxyl groups excluding tert-OH is 1. The minimum Gasteiger partial charge on any atom is -0.478 e. The fraction of sp³-hybridized carbons (Fsp3) is 0.231. The van der Waals surface area contributed by atoms with E-state index in [1.54, 1.807) is 42.6 Å². The number of pyridine rings is 1. The summed E-state index contributed by atoms with van der Waals surface area (Å²) in [6.07, 6.45) is -2.17. The van der Waals surface area contributed by atoms with Crippen LogP contribution in [-0.4, -0.2) is 25.6 Å². The van der Waals surface area contributed by atoms with E-state index < -0.39 is 23.8 Å². The smallest absolute Gasteiger partial charge is 0.416 e. The number of aryl methyl sites for hydroxylation is 1. The average Bonchev–Trinajstić information content (AvgIpc) is 3.24. The van der Waals surface area contributed by atoms with Crippen molar-refractivity contribution in [2.24, 2.45) is 0 Å². The molecule has 0 aliphatic heterocycles. The molecule has 0 bridgehead atoms. The maximum absolute atomic E-state index is 13.6. The van der Waals surface area contributed by atoms with Crippen molar-refractivity contribution in [3.63, 3.8) is 0 Å². The molecule has 0 fully saturated rings. The van der Waals surface area contributed by atoms with E-state index in [0.717, 1.165) is 25.0 Å². The Kier molecular flexibility index (Phi) is 6.43. The van der Waals surface area contributed by atoms with E-state index in [4.69, 9.17) is 0 Å². The van der Waals surface area contributed by atoms with Crippen LogP contribution in [0.25, 0.3) is 16.8 Å². The zero-order valence-electron chi connectivity index (χ0n) is 18.4. The fourth-order valence-corrected chi connectivity index (χ4v) is 3.97. The Hall–Kier alpha value is -3.65. The lowest BCUT2D eigenvalue weighted by Crippen LogP contribution is -2.12. The summed E-state index contributed by atoms with van der Waals surface area (Å²) < 4.78 is 42.2. The lowest BCUT2D eigenvalue weighted by Gasteiger charge is -2.18. The van der Waals surface area contributed by atoms with Gasteiger partial charge in [-0.1, -0.05) is 55.8 Å². The number of nitrogens with zero attached hydrogens (tertiary/aromatic N) is 2. The number of carbonyl (C=O) groups is 1. The first-order valence-electron chi connectivity index (χ1n) is 10.9. The number of carboxylic acids is 1. The van der Waals surface area contributed by atoms with E-state index in [9.17, 15) is 28.2 Å². The summed E-state index contributed by atoms with van der Waals surface area (Å²) in [5.41, 5.74) is 0.974. The molecule has 0 amide bonds. The second kappa shape index (κ2) is 9.30. The summed E-state index contributed by atoms with van der Waals surface area (Å²) in [7, 11) is 0. The summed E-state index contributed by atoms with van der Waals surface area (Å²) in [5.74, 6) is -1.20.